The van der Waals surface area contributed by atoms with Crippen molar-refractivity contribution in [3.05, 3.63) is 0 Å². The third kappa shape index (κ3) is 20.0. The molecule has 0 aromatic heterocycles. The predicted octanol–water partition coefficient (Wildman–Crippen LogP) is 0.734. The molecule has 51 heavy (non-hydrogen) atoms. The average molecular weight is 733 g/mol. The first-order chi connectivity index (χ1) is 22.9. The highest BCUT2D eigenvalue weighted by atomic mass is 16.6. The smallest absolute Gasteiger partial charge is 0.407 e. The first kappa shape index (κ1) is 46.5. The van der Waals surface area contributed by atoms with Gasteiger partial charge in [-0.25, -0.2) is 19.2 Å². The number of hydrogen-bond donors (Lipinski definition) is 8. The summed E-state index contributed by atoms with van der Waals surface area (Å²) < 4.78 is 21.2. The van der Waals surface area contributed by atoms with Crippen LogP contribution in [0.4, 0.5) is 19.2 Å². The Balaban J connectivity index is 6.80. The Kier molecular flexibility index (Phi) is 17.0. The largest absolute Gasteiger partial charge is 0.444 e. The van der Waals surface area contributed by atoms with E-state index < -0.39 is 121 Å². The van der Waals surface area contributed by atoms with Crippen molar-refractivity contribution in [3.8, 4) is 0 Å². The number of nitrogens with two attached hydrogens (primary N) is 2. The van der Waals surface area contributed by atoms with E-state index >= 15 is 0 Å². The van der Waals surface area contributed by atoms with E-state index in [1.54, 1.807) is 83.1 Å². The van der Waals surface area contributed by atoms with Crippen molar-refractivity contribution in [2.24, 2.45) is 22.3 Å². The second kappa shape index (κ2) is 18.6. The summed E-state index contributed by atoms with van der Waals surface area (Å²) >= 11 is 0. The standard InChI is InChI=1S/C32H60N8O11/c1-27(2,3)48-23(44)37-15-31(21(34)42,16-38-24(45)49-28(4,5)6)14-36-22(43)32(17-35-20(41)13-33,18-39-25(46)50-29(7,8)9)19-40-26(47)51-30(10,11)12/h13-19,33H2,1-12H3,(H2,34,42)(H,35,41)(H,36,43)(H,37,44)(H,38,45)(H,39,46)(H,40,47). The number of primary amides is 1. The molecule has 0 fully saturated rings. The Morgan fingerprint density at radius 1 is 0.431 bits per heavy atom. The molecule has 0 saturated heterocycles. The van der Waals surface area contributed by atoms with Crippen LogP contribution in [0.3, 0.4) is 0 Å². The van der Waals surface area contributed by atoms with Gasteiger partial charge in [-0.2, -0.15) is 0 Å². The SMILES string of the molecule is CC(C)(C)OC(=O)NCC(CNC(=O)OC(C)(C)C)(CNC(=O)C(CNC(=O)CN)(CNC(=O)OC(C)(C)C)CNC(=O)OC(C)(C)C)C(N)=O. The fourth-order valence-electron chi connectivity index (χ4n) is 3.88. The third-order valence-corrected chi connectivity index (χ3v) is 6.28. The van der Waals surface area contributed by atoms with Crippen molar-refractivity contribution in [2.75, 3.05) is 45.8 Å². The van der Waals surface area contributed by atoms with Crippen LogP contribution in [0.1, 0.15) is 83.1 Å². The van der Waals surface area contributed by atoms with E-state index in [4.69, 9.17) is 30.4 Å². The van der Waals surface area contributed by atoms with Crippen LogP contribution in [0, 0.1) is 10.8 Å². The van der Waals surface area contributed by atoms with Gasteiger partial charge in [0.25, 0.3) is 0 Å². The number of alkyl carbamates (subject to hydrolysis) is 4. The summed E-state index contributed by atoms with van der Waals surface area (Å²) in [6, 6.07) is 0. The molecule has 19 heteroatoms. The molecule has 0 rings (SSSR count). The van der Waals surface area contributed by atoms with Crippen LogP contribution in [0.25, 0.3) is 0 Å². The van der Waals surface area contributed by atoms with Crippen LogP contribution >= 0.6 is 0 Å². The summed E-state index contributed by atoms with van der Waals surface area (Å²) in [5.41, 5.74) is 3.89. The molecule has 0 radical (unpaired) electrons. The van der Waals surface area contributed by atoms with Crippen LogP contribution in [0.5, 0.6) is 0 Å². The summed E-state index contributed by atoms with van der Waals surface area (Å²) in [5.74, 6) is -2.63. The third-order valence-electron chi connectivity index (χ3n) is 6.28. The highest BCUT2D eigenvalue weighted by Crippen LogP contribution is 2.21. The number of carbonyl (C=O) groups is 7. The van der Waals surface area contributed by atoms with E-state index in [-0.39, 0.29) is 0 Å². The number of rotatable bonds is 15. The van der Waals surface area contributed by atoms with Gasteiger partial charge in [-0.3, -0.25) is 14.4 Å². The van der Waals surface area contributed by atoms with E-state index in [1.165, 1.54) is 0 Å². The fraction of sp³-hybridized carbons (Fsp3) is 0.781. The molecule has 0 saturated carbocycles. The Labute approximate surface area is 300 Å². The summed E-state index contributed by atoms with van der Waals surface area (Å²) in [6.45, 7) is 15.8. The van der Waals surface area contributed by atoms with Crippen molar-refractivity contribution >= 4 is 42.1 Å². The van der Waals surface area contributed by atoms with Gasteiger partial charge in [0.2, 0.25) is 17.7 Å². The van der Waals surface area contributed by atoms with Crippen LogP contribution in [-0.2, 0) is 33.3 Å². The zero-order valence-electron chi connectivity index (χ0n) is 32.1. The van der Waals surface area contributed by atoms with E-state index in [0.29, 0.717) is 0 Å². The van der Waals surface area contributed by atoms with Gasteiger partial charge in [-0.15, -0.1) is 0 Å². The first-order valence-corrected chi connectivity index (χ1v) is 16.4. The molecule has 0 atom stereocenters. The highest BCUT2D eigenvalue weighted by Gasteiger charge is 2.44. The molecule has 0 unspecified atom stereocenters. The number of nitrogens with one attached hydrogen (secondary N) is 6. The molecule has 19 nitrogen and oxygen atoms in total. The summed E-state index contributed by atoms with van der Waals surface area (Å²) in [7, 11) is 0. The maximum Gasteiger partial charge on any atom is 0.407 e. The molecule has 0 heterocycles. The van der Waals surface area contributed by atoms with Gasteiger partial charge in [0.1, 0.15) is 33.2 Å². The van der Waals surface area contributed by atoms with Gasteiger partial charge in [-0.1, -0.05) is 0 Å². The van der Waals surface area contributed by atoms with E-state index in [1.807, 2.05) is 0 Å². The van der Waals surface area contributed by atoms with Gasteiger partial charge >= 0.3 is 24.4 Å². The minimum Gasteiger partial charge on any atom is -0.444 e. The second-order valence-electron chi connectivity index (χ2n) is 16.0. The van der Waals surface area contributed by atoms with Gasteiger partial charge < -0.3 is 62.3 Å². The molecule has 0 aliphatic rings. The Bertz CT molecular complexity index is 1180. The monoisotopic (exact) mass is 732 g/mol. The Hall–Kier alpha value is -4.55. The summed E-state index contributed by atoms with van der Waals surface area (Å²) in [4.78, 5) is 90.2. The molecule has 0 aromatic carbocycles. The van der Waals surface area contributed by atoms with Gasteiger partial charge in [0.15, 0.2) is 0 Å². The van der Waals surface area contributed by atoms with Gasteiger partial charge in [-0.05, 0) is 83.1 Å². The van der Waals surface area contributed by atoms with E-state index in [9.17, 15) is 33.6 Å². The predicted molar refractivity (Wildman–Crippen MR) is 186 cm³/mol. The molecule has 0 spiro atoms. The lowest BCUT2D eigenvalue weighted by Crippen LogP contribution is -2.63. The van der Waals surface area contributed by atoms with Crippen LogP contribution in [-0.4, -0.2) is 110 Å². The van der Waals surface area contributed by atoms with Crippen molar-refractivity contribution in [3.63, 3.8) is 0 Å². The molecular weight excluding hydrogens is 672 g/mol. The number of carbonyl (C=O) groups excluding carboxylic acids is 7. The van der Waals surface area contributed by atoms with Crippen LogP contribution < -0.4 is 43.4 Å². The zero-order chi connectivity index (χ0) is 40.1. The maximum atomic E-state index is 14.2. The Morgan fingerprint density at radius 2 is 0.686 bits per heavy atom. The van der Waals surface area contributed by atoms with E-state index in [0.717, 1.165) is 0 Å². The zero-order valence-corrected chi connectivity index (χ0v) is 32.1. The molecule has 0 aromatic rings. The first-order valence-electron chi connectivity index (χ1n) is 16.4. The number of hydrogen-bond acceptors (Lipinski definition) is 12. The van der Waals surface area contributed by atoms with Gasteiger partial charge in [0, 0.05) is 39.3 Å². The van der Waals surface area contributed by atoms with Crippen molar-refractivity contribution in [1.82, 2.24) is 31.9 Å². The van der Waals surface area contributed by atoms with Crippen LogP contribution in [0.15, 0.2) is 0 Å². The number of amides is 7. The molecule has 0 aliphatic heterocycles. The molecular formula is C32H60N8O11. The maximum absolute atomic E-state index is 14.2. The summed E-state index contributed by atoms with van der Waals surface area (Å²) in [5, 5.41) is 14.9. The van der Waals surface area contributed by atoms with Crippen molar-refractivity contribution < 1.29 is 52.5 Å². The minimum absolute atomic E-state index is 0.450. The van der Waals surface area contributed by atoms with Crippen molar-refractivity contribution in [1.29, 1.82) is 0 Å². The average Bonchev–Trinajstić information content (AvgIpc) is 2.92. The highest BCUT2D eigenvalue weighted by molar-refractivity contribution is 5.88. The lowest BCUT2D eigenvalue weighted by Gasteiger charge is -2.36. The number of ether oxygens (including phenoxy) is 4. The van der Waals surface area contributed by atoms with Gasteiger partial charge in [0.05, 0.1) is 6.54 Å². The summed E-state index contributed by atoms with van der Waals surface area (Å²) in [6.07, 6.45) is -3.68. The lowest BCUT2D eigenvalue weighted by molar-refractivity contribution is -0.132. The quantitative estimate of drug-likeness (QED) is 0.108. The topological polar surface area (TPSA) is 281 Å². The van der Waals surface area contributed by atoms with E-state index in [2.05, 4.69) is 31.9 Å². The van der Waals surface area contributed by atoms with Crippen molar-refractivity contribution in [2.45, 2.75) is 105 Å². The fourth-order valence-corrected chi connectivity index (χ4v) is 3.88. The molecule has 10 N–H and O–H groups in total. The molecule has 294 valence electrons. The minimum atomic E-state index is -1.90. The molecule has 7 amide bonds. The molecule has 0 bridgehead atoms. The Morgan fingerprint density at radius 3 is 0.941 bits per heavy atom. The van der Waals surface area contributed by atoms with Crippen LogP contribution in [0.2, 0.25) is 0 Å². The normalized spacial score (nSPS) is 12.4. The molecule has 0 aliphatic carbocycles. The lowest BCUT2D eigenvalue weighted by atomic mass is 9.83. The second-order valence-corrected chi connectivity index (χ2v) is 16.0.